The molecule has 2 N–H and O–H groups in total. The molecular formula is C35H41FN4O4. The maximum Gasteiger partial charge on any atom is 0.246 e. The van der Waals surface area contributed by atoms with Gasteiger partial charge in [0.1, 0.15) is 23.9 Å². The molecule has 5 rings (SSSR count). The Kier molecular flexibility index (Phi) is 9.61. The molecule has 232 valence electrons. The molecule has 2 aliphatic rings. The Bertz CT molecular complexity index is 1520. The average molecular weight is 601 g/mol. The topological polar surface area (TPSA) is 98.8 Å². The SMILES string of the molecule is CC(=O)NC(Cc1ccc(F)cc1)C(=O)N1CCN(C(Cc2ccc3ccccc3c2)C(=O)NC(C)C)C(=O)C1CC1CC1. The zero-order chi connectivity index (χ0) is 31.4. The van der Waals surface area contributed by atoms with Crippen molar-refractivity contribution in [3.8, 4) is 0 Å². The standard InChI is InChI=1S/C35H41FN4O4/c1-22(2)37-33(42)31(21-26-10-13-27-6-4-5-7-28(27)18-26)39-16-17-40(32(35(39)44)20-25-8-9-25)34(43)30(38-23(3)41)19-24-11-14-29(36)15-12-24/h4-7,10-15,18,22,25,30-32H,8-9,16-17,19-21H2,1-3H3,(H,37,42)(H,38,41). The van der Waals surface area contributed by atoms with E-state index in [1.165, 1.54) is 19.1 Å². The molecule has 3 aromatic rings. The lowest BCUT2D eigenvalue weighted by atomic mass is 9.96. The Balaban J connectivity index is 1.41. The minimum absolute atomic E-state index is 0.105. The average Bonchev–Trinajstić information content (AvgIpc) is 3.81. The molecular weight excluding hydrogens is 559 g/mol. The molecule has 1 saturated heterocycles. The van der Waals surface area contributed by atoms with Crippen molar-refractivity contribution >= 4 is 34.4 Å². The Morgan fingerprint density at radius 3 is 2.23 bits per heavy atom. The highest BCUT2D eigenvalue weighted by Gasteiger charge is 2.45. The van der Waals surface area contributed by atoms with Gasteiger partial charge in [-0.2, -0.15) is 0 Å². The van der Waals surface area contributed by atoms with Crippen LogP contribution in [0.25, 0.3) is 10.8 Å². The molecule has 0 radical (unpaired) electrons. The number of hydrogen-bond donors (Lipinski definition) is 2. The van der Waals surface area contributed by atoms with Crippen LogP contribution >= 0.6 is 0 Å². The summed E-state index contributed by atoms with van der Waals surface area (Å²) in [4.78, 5) is 57.3. The van der Waals surface area contributed by atoms with Gasteiger partial charge in [-0.1, -0.05) is 67.4 Å². The van der Waals surface area contributed by atoms with Crippen molar-refractivity contribution in [2.45, 2.75) is 77.0 Å². The van der Waals surface area contributed by atoms with E-state index in [0.717, 1.165) is 29.2 Å². The van der Waals surface area contributed by atoms with Gasteiger partial charge in [0, 0.05) is 38.9 Å². The summed E-state index contributed by atoms with van der Waals surface area (Å²) < 4.78 is 13.5. The van der Waals surface area contributed by atoms with Crippen molar-refractivity contribution in [1.29, 1.82) is 0 Å². The molecule has 8 nitrogen and oxygen atoms in total. The van der Waals surface area contributed by atoms with E-state index in [1.54, 1.807) is 21.9 Å². The highest BCUT2D eigenvalue weighted by atomic mass is 19.1. The van der Waals surface area contributed by atoms with Gasteiger partial charge in [0.2, 0.25) is 23.6 Å². The van der Waals surface area contributed by atoms with Crippen molar-refractivity contribution in [2.75, 3.05) is 13.1 Å². The normalized spacial score (nSPS) is 18.3. The molecule has 3 aromatic carbocycles. The summed E-state index contributed by atoms with van der Waals surface area (Å²) in [7, 11) is 0. The van der Waals surface area contributed by atoms with Crippen LogP contribution in [0.5, 0.6) is 0 Å². The van der Waals surface area contributed by atoms with E-state index >= 15 is 0 Å². The van der Waals surface area contributed by atoms with Gasteiger partial charge in [0.15, 0.2) is 0 Å². The molecule has 0 aromatic heterocycles. The molecule has 44 heavy (non-hydrogen) atoms. The van der Waals surface area contributed by atoms with Crippen molar-refractivity contribution in [1.82, 2.24) is 20.4 Å². The maximum atomic E-state index is 14.3. The van der Waals surface area contributed by atoms with Gasteiger partial charge < -0.3 is 20.4 Å². The summed E-state index contributed by atoms with van der Waals surface area (Å²) in [5, 5.41) is 7.92. The second-order valence-electron chi connectivity index (χ2n) is 12.4. The summed E-state index contributed by atoms with van der Waals surface area (Å²) >= 11 is 0. The van der Waals surface area contributed by atoms with E-state index in [4.69, 9.17) is 0 Å². The van der Waals surface area contributed by atoms with Crippen LogP contribution in [0.15, 0.2) is 66.7 Å². The van der Waals surface area contributed by atoms with Gasteiger partial charge >= 0.3 is 0 Å². The van der Waals surface area contributed by atoms with E-state index in [2.05, 4.69) is 16.7 Å². The number of benzene rings is 3. The summed E-state index contributed by atoms with van der Waals surface area (Å²) in [6.07, 6.45) is 3.01. The molecule has 0 spiro atoms. The Labute approximate surface area is 258 Å². The number of nitrogens with zero attached hydrogens (tertiary/aromatic N) is 2. The van der Waals surface area contributed by atoms with Crippen LogP contribution in [-0.2, 0) is 32.0 Å². The van der Waals surface area contributed by atoms with Crippen LogP contribution < -0.4 is 10.6 Å². The third kappa shape index (κ3) is 7.62. The van der Waals surface area contributed by atoms with Crippen LogP contribution in [0.2, 0.25) is 0 Å². The summed E-state index contributed by atoms with van der Waals surface area (Å²) in [5.41, 5.74) is 1.64. The van der Waals surface area contributed by atoms with Crippen molar-refractivity contribution in [3.63, 3.8) is 0 Å². The lowest BCUT2D eigenvalue weighted by molar-refractivity contribution is -0.157. The maximum absolute atomic E-state index is 14.3. The van der Waals surface area contributed by atoms with Crippen LogP contribution in [0.1, 0.15) is 51.2 Å². The molecule has 1 heterocycles. The van der Waals surface area contributed by atoms with Crippen molar-refractivity contribution in [3.05, 3.63) is 83.7 Å². The fraction of sp³-hybridized carbons (Fsp3) is 0.429. The monoisotopic (exact) mass is 600 g/mol. The van der Waals surface area contributed by atoms with Crippen molar-refractivity contribution < 1.29 is 23.6 Å². The summed E-state index contributed by atoms with van der Waals surface area (Å²) in [6.45, 7) is 5.56. The van der Waals surface area contributed by atoms with Gasteiger partial charge in [-0.25, -0.2) is 4.39 Å². The first-order valence-corrected chi connectivity index (χ1v) is 15.5. The van der Waals surface area contributed by atoms with Gasteiger partial charge in [0.05, 0.1) is 0 Å². The third-order valence-corrected chi connectivity index (χ3v) is 8.44. The lowest BCUT2D eigenvalue weighted by Gasteiger charge is -2.44. The molecule has 3 unspecified atom stereocenters. The number of carbonyl (C=O) groups excluding carboxylic acids is 4. The minimum atomic E-state index is -0.906. The van der Waals surface area contributed by atoms with E-state index in [-0.39, 0.29) is 55.0 Å². The predicted octanol–water partition coefficient (Wildman–Crippen LogP) is 4.00. The van der Waals surface area contributed by atoms with Gasteiger partial charge in [-0.15, -0.1) is 0 Å². The van der Waals surface area contributed by atoms with E-state index in [9.17, 15) is 23.6 Å². The molecule has 1 saturated carbocycles. The highest BCUT2D eigenvalue weighted by molar-refractivity contribution is 5.95. The predicted molar refractivity (Wildman–Crippen MR) is 167 cm³/mol. The fourth-order valence-corrected chi connectivity index (χ4v) is 6.09. The molecule has 0 bridgehead atoms. The lowest BCUT2D eigenvalue weighted by Crippen LogP contribution is -2.66. The highest BCUT2D eigenvalue weighted by Crippen LogP contribution is 2.36. The fourth-order valence-electron chi connectivity index (χ4n) is 6.09. The van der Waals surface area contributed by atoms with Gasteiger partial charge in [-0.05, 0) is 60.2 Å². The third-order valence-electron chi connectivity index (χ3n) is 8.44. The first-order chi connectivity index (χ1) is 21.1. The number of rotatable bonds is 11. The van der Waals surface area contributed by atoms with E-state index in [1.807, 2.05) is 50.2 Å². The number of piperazine rings is 1. The quantitative estimate of drug-likeness (QED) is 0.348. The summed E-state index contributed by atoms with van der Waals surface area (Å²) in [6, 6.07) is 17.4. The molecule has 2 fully saturated rings. The van der Waals surface area contributed by atoms with E-state index < -0.39 is 18.1 Å². The molecule has 9 heteroatoms. The van der Waals surface area contributed by atoms with E-state index in [0.29, 0.717) is 24.3 Å². The van der Waals surface area contributed by atoms with Crippen LogP contribution in [0.3, 0.4) is 0 Å². The van der Waals surface area contributed by atoms with Crippen LogP contribution in [-0.4, -0.2) is 70.7 Å². The van der Waals surface area contributed by atoms with Gasteiger partial charge in [-0.3, -0.25) is 19.2 Å². The second-order valence-corrected chi connectivity index (χ2v) is 12.4. The first-order valence-electron chi connectivity index (χ1n) is 15.5. The van der Waals surface area contributed by atoms with Crippen LogP contribution in [0, 0.1) is 11.7 Å². The Hall–Kier alpha value is -4.27. The largest absolute Gasteiger partial charge is 0.352 e. The van der Waals surface area contributed by atoms with Crippen LogP contribution in [0.4, 0.5) is 4.39 Å². The second kappa shape index (κ2) is 13.6. The summed E-state index contributed by atoms with van der Waals surface area (Å²) in [5.74, 6) is -1.24. The van der Waals surface area contributed by atoms with Crippen molar-refractivity contribution in [2.24, 2.45) is 5.92 Å². The number of carbonyl (C=O) groups is 4. The minimum Gasteiger partial charge on any atom is -0.352 e. The first kappa shape index (κ1) is 31.2. The zero-order valence-electron chi connectivity index (χ0n) is 25.6. The number of fused-ring (bicyclic) bond motifs is 1. The number of amides is 4. The smallest absolute Gasteiger partial charge is 0.246 e. The molecule has 3 atom stereocenters. The number of halogens is 1. The number of hydrogen-bond acceptors (Lipinski definition) is 4. The zero-order valence-corrected chi connectivity index (χ0v) is 25.6. The molecule has 1 aliphatic heterocycles. The Morgan fingerprint density at radius 1 is 0.886 bits per heavy atom. The molecule has 1 aliphatic carbocycles. The molecule has 4 amide bonds. The van der Waals surface area contributed by atoms with Gasteiger partial charge in [0.25, 0.3) is 0 Å². The Morgan fingerprint density at radius 2 is 1.57 bits per heavy atom. The number of nitrogens with one attached hydrogen (secondary N) is 2.